The van der Waals surface area contributed by atoms with Gasteiger partial charge < -0.3 is 0 Å². The van der Waals surface area contributed by atoms with Crippen molar-refractivity contribution >= 4 is 32.3 Å². The summed E-state index contributed by atoms with van der Waals surface area (Å²) < 4.78 is 26.5. The quantitative estimate of drug-likeness (QED) is 0.563. The largest absolute Gasteiger partial charge is 0.268 e. The first kappa shape index (κ1) is 18.9. The standard InChI is InChI=1S/C22H20ClN2O2S/c1-16-13-25(2,15-22(16)28(26,27)19-8-4-3-5-9-19)14-18-11-17-7-6-10-24-21(17)12-20(18)23/h3-13,15H,14H2,1-2H3/q+1. The molecular formula is C22H20ClN2O2S+. The third-order valence-corrected chi connectivity index (χ3v) is 7.17. The van der Waals surface area contributed by atoms with Crippen molar-refractivity contribution in [1.82, 2.24) is 4.98 Å². The lowest BCUT2D eigenvalue weighted by Gasteiger charge is -2.24. The SMILES string of the molecule is CC1=C[N+](C)(Cc2cc3cccnc3cc2Cl)C=C1S(=O)(=O)c1ccccc1. The monoisotopic (exact) mass is 411 g/mol. The normalized spacial score (nSPS) is 19.5. The second-order valence-electron chi connectivity index (χ2n) is 7.27. The Morgan fingerprint density at radius 2 is 1.79 bits per heavy atom. The third kappa shape index (κ3) is 3.37. The maximum Gasteiger partial charge on any atom is 0.212 e. The molecule has 0 saturated carbocycles. The summed E-state index contributed by atoms with van der Waals surface area (Å²) >= 11 is 6.49. The van der Waals surface area contributed by atoms with Crippen LogP contribution in [0.15, 0.2) is 88.6 Å². The van der Waals surface area contributed by atoms with Gasteiger partial charge in [-0.25, -0.2) is 8.42 Å². The first-order valence-electron chi connectivity index (χ1n) is 8.89. The molecule has 0 spiro atoms. The van der Waals surface area contributed by atoms with Crippen LogP contribution in [-0.2, 0) is 16.4 Å². The first-order valence-corrected chi connectivity index (χ1v) is 10.8. The number of pyridine rings is 1. The Balaban J connectivity index is 1.73. The van der Waals surface area contributed by atoms with Crippen molar-refractivity contribution in [2.75, 3.05) is 7.05 Å². The van der Waals surface area contributed by atoms with E-state index in [9.17, 15) is 8.42 Å². The summed E-state index contributed by atoms with van der Waals surface area (Å²) in [5.41, 5.74) is 2.53. The van der Waals surface area contributed by atoms with E-state index < -0.39 is 9.84 Å². The zero-order valence-corrected chi connectivity index (χ0v) is 17.2. The number of quaternary nitrogens is 1. The van der Waals surface area contributed by atoms with Gasteiger partial charge >= 0.3 is 0 Å². The number of rotatable bonds is 4. The van der Waals surface area contributed by atoms with Crippen LogP contribution in [0.1, 0.15) is 12.5 Å². The highest BCUT2D eigenvalue weighted by atomic mass is 35.5. The molecule has 6 heteroatoms. The van der Waals surface area contributed by atoms with E-state index in [4.69, 9.17) is 11.6 Å². The zero-order chi connectivity index (χ0) is 19.9. The van der Waals surface area contributed by atoms with Crippen molar-refractivity contribution in [2.24, 2.45) is 0 Å². The van der Waals surface area contributed by atoms with Crippen molar-refractivity contribution in [3.63, 3.8) is 0 Å². The molecular weight excluding hydrogens is 392 g/mol. The van der Waals surface area contributed by atoms with Crippen LogP contribution in [0.25, 0.3) is 10.9 Å². The fraction of sp³-hybridized carbons (Fsp3) is 0.136. The molecule has 0 aliphatic carbocycles. The van der Waals surface area contributed by atoms with E-state index in [0.717, 1.165) is 22.0 Å². The molecule has 1 unspecified atom stereocenters. The fourth-order valence-electron chi connectivity index (χ4n) is 3.64. The molecule has 28 heavy (non-hydrogen) atoms. The van der Waals surface area contributed by atoms with Gasteiger partial charge in [0.05, 0.1) is 22.5 Å². The van der Waals surface area contributed by atoms with Gasteiger partial charge in [-0.1, -0.05) is 35.9 Å². The molecule has 3 aromatic rings. The number of hydrogen-bond acceptors (Lipinski definition) is 3. The Labute approximate surface area is 169 Å². The van der Waals surface area contributed by atoms with E-state index in [1.54, 1.807) is 36.7 Å². The van der Waals surface area contributed by atoms with Gasteiger partial charge in [-0.15, -0.1) is 0 Å². The van der Waals surface area contributed by atoms with Crippen LogP contribution in [-0.4, -0.2) is 24.9 Å². The maximum absolute atomic E-state index is 13.1. The smallest absolute Gasteiger partial charge is 0.212 e. The highest BCUT2D eigenvalue weighted by molar-refractivity contribution is 7.95. The lowest BCUT2D eigenvalue weighted by Crippen LogP contribution is -2.29. The van der Waals surface area contributed by atoms with Gasteiger partial charge in [-0.05, 0) is 37.3 Å². The summed E-state index contributed by atoms with van der Waals surface area (Å²) in [4.78, 5) is 4.98. The van der Waals surface area contributed by atoms with Crippen LogP contribution in [0.5, 0.6) is 0 Å². The summed E-state index contributed by atoms with van der Waals surface area (Å²) in [6, 6.07) is 16.3. The van der Waals surface area contributed by atoms with E-state index in [-0.39, 0.29) is 0 Å². The van der Waals surface area contributed by atoms with E-state index in [2.05, 4.69) is 4.98 Å². The topological polar surface area (TPSA) is 47.0 Å². The second-order valence-corrected chi connectivity index (χ2v) is 9.59. The lowest BCUT2D eigenvalue weighted by molar-refractivity contribution is -0.818. The van der Waals surface area contributed by atoms with Crippen LogP contribution in [0.2, 0.25) is 5.02 Å². The van der Waals surface area contributed by atoms with E-state index in [0.29, 0.717) is 25.9 Å². The summed E-state index contributed by atoms with van der Waals surface area (Å²) in [7, 11) is -1.59. The average molecular weight is 412 g/mol. The third-order valence-electron chi connectivity index (χ3n) is 4.91. The van der Waals surface area contributed by atoms with Crippen LogP contribution in [0.3, 0.4) is 0 Å². The van der Waals surface area contributed by atoms with Gasteiger partial charge in [0.2, 0.25) is 9.84 Å². The lowest BCUT2D eigenvalue weighted by atomic mass is 10.1. The number of nitrogens with zero attached hydrogens (tertiary/aromatic N) is 2. The highest BCUT2D eigenvalue weighted by Crippen LogP contribution is 2.35. The number of hydrogen-bond donors (Lipinski definition) is 0. The first-order chi connectivity index (χ1) is 13.3. The number of aromatic nitrogens is 1. The molecule has 142 valence electrons. The molecule has 0 amide bonds. The van der Waals surface area contributed by atoms with E-state index in [1.165, 1.54) is 0 Å². The Morgan fingerprint density at radius 1 is 1.04 bits per heavy atom. The van der Waals surface area contributed by atoms with Crippen molar-refractivity contribution in [2.45, 2.75) is 18.4 Å². The molecule has 1 aliphatic heterocycles. The Morgan fingerprint density at radius 3 is 2.54 bits per heavy atom. The molecule has 4 rings (SSSR count). The van der Waals surface area contributed by atoms with E-state index >= 15 is 0 Å². The van der Waals surface area contributed by atoms with Crippen molar-refractivity contribution in [1.29, 1.82) is 0 Å². The number of sulfone groups is 1. The average Bonchev–Trinajstić information content (AvgIpc) is 2.98. The number of halogens is 1. The maximum atomic E-state index is 13.1. The second kappa shape index (κ2) is 6.85. The van der Waals surface area contributed by atoms with Crippen LogP contribution >= 0.6 is 11.6 Å². The minimum Gasteiger partial charge on any atom is -0.268 e. The minimum absolute atomic E-state index is 0.303. The van der Waals surface area contributed by atoms with Gasteiger partial charge in [0.1, 0.15) is 23.8 Å². The molecule has 4 nitrogen and oxygen atoms in total. The van der Waals surface area contributed by atoms with Gasteiger partial charge in [0.25, 0.3) is 0 Å². The summed E-state index contributed by atoms with van der Waals surface area (Å²) in [6.45, 7) is 2.39. The molecule has 0 saturated heterocycles. The Hall–Kier alpha value is -2.47. The number of benzene rings is 2. The summed E-state index contributed by atoms with van der Waals surface area (Å²) in [5.74, 6) is 0. The van der Waals surface area contributed by atoms with Gasteiger partial charge in [-0.2, -0.15) is 0 Å². The molecule has 1 aromatic heterocycles. The minimum atomic E-state index is -3.56. The Bertz CT molecular complexity index is 1230. The van der Waals surface area contributed by atoms with Crippen LogP contribution in [0, 0.1) is 0 Å². The molecule has 1 atom stereocenters. The molecule has 1 aliphatic rings. The van der Waals surface area contributed by atoms with Crippen LogP contribution in [0.4, 0.5) is 0 Å². The predicted octanol–water partition coefficient (Wildman–Crippen LogP) is 5.07. The molecule has 0 radical (unpaired) electrons. The van der Waals surface area contributed by atoms with Crippen molar-refractivity contribution in [3.8, 4) is 0 Å². The van der Waals surface area contributed by atoms with Crippen molar-refractivity contribution < 1.29 is 12.9 Å². The summed E-state index contributed by atoms with van der Waals surface area (Å²) in [6.07, 6.45) is 5.49. The van der Waals surface area contributed by atoms with Crippen molar-refractivity contribution in [3.05, 3.63) is 94.3 Å². The predicted molar refractivity (Wildman–Crippen MR) is 112 cm³/mol. The van der Waals surface area contributed by atoms with Gasteiger partial charge in [-0.3, -0.25) is 9.47 Å². The highest BCUT2D eigenvalue weighted by Gasteiger charge is 2.35. The summed E-state index contributed by atoms with van der Waals surface area (Å²) in [5, 5.41) is 1.64. The molecule has 2 heterocycles. The zero-order valence-electron chi connectivity index (χ0n) is 15.6. The molecule has 0 bridgehead atoms. The molecule has 0 fully saturated rings. The number of fused-ring (bicyclic) bond motifs is 1. The molecule has 2 aromatic carbocycles. The Kier molecular flexibility index (Phi) is 4.62. The van der Waals surface area contributed by atoms with Gasteiger partial charge in [0, 0.05) is 22.7 Å². The van der Waals surface area contributed by atoms with Crippen LogP contribution < -0.4 is 0 Å². The van der Waals surface area contributed by atoms with E-state index in [1.807, 2.05) is 50.5 Å². The molecule has 0 N–H and O–H groups in total. The van der Waals surface area contributed by atoms with Gasteiger partial charge in [0.15, 0.2) is 0 Å². The number of allylic oxidation sites excluding steroid dienone is 1. The fourth-order valence-corrected chi connectivity index (χ4v) is 5.49.